The third-order valence-electron chi connectivity index (χ3n) is 0.852. The average Bonchev–Trinajstić information content (AvgIpc) is 1.94. The molecule has 0 atom stereocenters. The van der Waals surface area contributed by atoms with Gasteiger partial charge < -0.3 is 0 Å². The van der Waals surface area contributed by atoms with Crippen molar-refractivity contribution < 1.29 is 4.76 Å². The molecular formula is C4H8N2OS+. The molecule has 1 aliphatic rings. The zero-order chi connectivity index (χ0) is 5.82. The van der Waals surface area contributed by atoms with E-state index < -0.39 is 0 Å². The van der Waals surface area contributed by atoms with Gasteiger partial charge in [0.05, 0.1) is 0 Å². The number of rotatable bonds is 0. The molecule has 0 aromatic rings. The van der Waals surface area contributed by atoms with Crippen LogP contribution in [0.4, 0.5) is 0 Å². The van der Waals surface area contributed by atoms with Crippen molar-refractivity contribution in [2.75, 3.05) is 19.1 Å². The monoisotopic (exact) mass is 132 g/mol. The number of hydrogen-bond donors (Lipinski definition) is 1. The summed E-state index contributed by atoms with van der Waals surface area (Å²) >= 11 is 1.55. The van der Waals surface area contributed by atoms with Crippen LogP contribution in [0.1, 0.15) is 0 Å². The minimum absolute atomic E-state index is 0.462. The standard InChI is InChI=1S/C4H8N2OS/c7-6-3-5-1-2-8-4-6/h2,5H,1,3-4H2/q+1. The van der Waals surface area contributed by atoms with E-state index >= 15 is 0 Å². The van der Waals surface area contributed by atoms with Crippen molar-refractivity contribution in [1.82, 2.24) is 5.32 Å². The molecule has 1 N–H and O–H groups in total. The van der Waals surface area contributed by atoms with E-state index in [-0.39, 0.29) is 0 Å². The lowest BCUT2D eigenvalue weighted by atomic mass is 10.7. The van der Waals surface area contributed by atoms with Crippen LogP contribution in [-0.4, -0.2) is 23.9 Å². The van der Waals surface area contributed by atoms with Crippen molar-refractivity contribution in [1.29, 1.82) is 0 Å². The maximum atomic E-state index is 10.5. The maximum absolute atomic E-state index is 10.5. The second-order valence-electron chi connectivity index (χ2n) is 1.56. The Bertz CT molecular complexity index is 86.0. The molecule has 3 nitrogen and oxygen atoms in total. The fourth-order valence-corrected chi connectivity index (χ4v) is 1.09. The molecule has 0 amide bonds. The molecule has 1 fully saturated rings. The van der Waals surface area contributed by atoms with Gasteiger partial charge in [-0.15, -0.1) is 0 Å². The van der Waals surface area contributed by atoms with Crippen LogP contribution in [0.3, 0.4) is 0 Å². The van der Waals surface area contributed by atoms with Gasteiger partial charge >= 0.3 is 0 Å². The van der Waals surface area contributed by atoms with Gasteiger partial charge in [0, 0.05) is 22.0 Å². The molecule has 0 saturated carbocycles. The second-order valence-corrected chi connectivity index (χ2v) is 2.48. The van der Waals surface area contributed by atoms with E-state index in [1.54, 1.807) is 11.8 Å². The van der Waals surface area contributed by atoms with Crippen LogP contribution in [-0.2, 0) is 0 Å². The highest BCUT2D eigenvalue weighted by Gasteiger charge is 2.10. The number of nitroso groups, excluding NO2 is 1. The van der Waals surface area contributed by atoms with Crippen molar-refractivity contribution in [2.45, 2.75) is 0 Å². The lowest BCUT2D eigenvalue weighted by molar-refractivity contribution is -0.532. The Morgan fingerprint density at radius 3 is 3.50 bits per heavy atom. The highest BCUT2D eigenvalue weighted by Crippen LogP contribution is 2.05. The van der Waals surface area contributed by atoms with Crippen molar-refractivity contribution in [3.8, 4) is 0 Å². The van der Waals surface area contributed by atoms with E-state index in [2.05, 4.69) is 5.32 Å². The van der Waals surface area contributed by atoms with Gasteiger partial charge in [-0.05, 0) is 0 Å². The van der Waals surface area contributed by atoms with E-state index in [9.17, 15) is 4.91 Å². The molecule has 1 radical (unpaired) electrons. The summed E-state index contributed by atoms with van der Waals surface area (Å²) in [7, 11) is 0. The van der Waals surface area contributed by atoms with Gasteiger partial charge in [0.2, 0.25) is 12.5 Å². The first kappa shape index (κ1) is 6.04. The summed E-state index contributed by atoms with van der Waals surface area (Å²) in [4.78, 5) is 10.5. The van der Waals surface area contributed by atoms with Gasteiger partial charge in [-0.2, -0.15) is 0 Å². The van der Waals surface area contributed by atoms with Gasteiger partial charge in [0.15, 0.2) is 0 Å². The first-order valence-corrected chi connectivity index (χ1v) is 3.50. The third-order valence-corrected chi connectivity index (χ3v) is 1.69. The summed E-state index contributed by atoms with van der Waals surface area (Å²) in [6.45, 7) is 1.30. The van der Waals surface area contributed by atoms with Crippen LogP contribution in [0, 0.1) is 10.7 Å². The van der Waals surface area contributed by atoms with E-state index in [1.807, 2.05) is 5.75 Å². The second kappa shape index (κ2) is 3.04. The molecule has 1 aliphatic heterocycles. The SMILES string of the molecule is O=[N+]1CNC[CH]SC1. The van der Waals surface area contributed by atoms with Gasteiger partial charge in [0.25, 0.3) is 0 Å². The highest BCUT2D eigenvalue weighted by atomic mass is 32.2. The summed E-state index contributed by atoms with van der Waals surface area (Å²) in [6.07, 6.45) is 0. The summed E-state index contributed by atoms with van der Waals surface area (Å²) in [5.41, 5.74) is 0. The fraction of sp³-hybridized carbons (Fsp3) is 0.750. The quantitative estimate of drug-likeness (QED) is 0.477. The Hall–Kier alpha value is -0.0900. The third kappa shape index (κ3) is 1.79. The molecule has 0 spiro atoms. The lowest BCUT2D eigenvalue weighted by Crippen LogP contribution is -2.22. The molecule has 1 rings (SSSR count). The zero-order valence-corrected chi connectivity index (χ0v) is 5.28. The topological polar surface area (TPSA) is 32.1 Å². The van der Waals surface area contributed by atoms with Gasteiger partial charge in [-0.25, -0.2) is 0 Å². The molecule has 0 bridgehead atoms. The minimum atomic E-state index is 0.462. The predicted molar refractivity (Wildman–Crippen MR) is 33.3 cm³/mol. The Balaban J connectivity index is 2.27. The van der Waals surface area contributed by atoms with Crippen LogP contribution in [0.5, 0.6) is 0 Å². The summed E-state index contributed by atoms with van der Waals surface area (Å²) in [5.74, 6) is 2.56. The molecule has 8 heavy (non-hydrogen) atoms. The minimum Gasteiger partial charge on any atom is -0.257 e. The molecule has 0 aromatic heterocycles. The van der Waals surface area contributed by atoms with Crippen LogP contribution in [0.2, 0.25) is 0 Å². The molecule has 1 heterocycles. The Labute approximate surface area is 52.4 Å². The summed E-state index contributed by atoms with van der Waals surface area (Å²) < 4.78 is 0.994. The number of hydrogen-bond acceptors (Lipinski definition) is 3. The molecule has 1 saturated heterocycles. The van der Waals surface area contributed by atoms with Crippen molar-refractivity contribution in [2.24, 2.45) is 0 Å². The number of nitrogens with one attached hydrogen (secondary N) is 1. The molecule has 0 unspecified atom stereocenters. The number of thioether (sulfide) groups is 1. The van der Waals surface area contributed by atoms with Crippen LogP contribution in [0.15, 0.2) is 0 Å². The maximum Gasteiger partial charge on any atom is 0.246 e. The molecule has 4 heteroatoms. The summed E-state index contributed by atoms with van der Waals surface area (Å²) in [6, 6.07) is 0. The largest absolute Gasteiger partial charge is 0.257 e. The first-order chi connectivity index (χ1) is 3.89. The lowest BCUT2D eigenvalue weighted by Gasteiger charge is -1.85. The van der Waals surface area contributed by atoms with Crippen molar-refractivity contribution >= 4 is 11.8 Å². The van der Waals surface area contributed by atoms with Crippen LogP contribution < -0.4 is 5.32 Å². The van der Waals surface area contributed by atoms with E-state index in [0.29, 0.717) is 12.5 Å². The van der Waals surface area contributed by atoms with Crippen LogP contribution in [0.25, 0.3) is 0 Å². The molecular weight excluding hydrogens is 124 g/mol. The number of nitrogens with zero attached hydrogens (tertiary/aromatic N) is 1. The zero-order valence-electron chi connectivity index (χ0n) is 4.46. The van der Waals surface area contributed by atoms with E-state index in [4.69, 9.17) is 0 Å². The Kier molecular flexibility index (Phi) is 2.29. The normalized spacial score (nSPS) is 22.8. The predicted octanol–water partition coefficient (Wildman–Crippen LogP) is 0.178. The van der Waals surface area contributed by atoms with Crippen molar-refractivity contribution in [3.63, 3.8) is 0 Å². The molecule has 0 aliphatic carbocycles. The average molecular weight is 132 g/mol. The smallest absolute Gasteiger partial charge is 0.246 e. The molecule has 45 valence electrons. The van der Waals surface area contributed by atoms with Crippen LogP contribution >= 0.6 is 11.8 Å². The molecule has 0 aromatic carbocycles. The fourth-order valence-electron chi connectivity index (χ4n) is 0.489. The van der Waals surface area contributed by atoms with Gasteiger partial charge in [0.1, 0.15) is 0 Å². The Morgan fingerprint density at radius 2 is 2.62 bits per heavy atom. The highest BCUT2D eigenvalue weighted by molar-refractivity contribution is 8.01. The van der Waals surface area contributed by atoms with Crippen molar-refractivity contribution in [3.05, 3.63) is 10.7 Å². The Morgan fingerprint density at radius 1 is 1.75 bits per heavy atom. The van der Waals surface area contributed by atoms with E-state index in [1.165, 1.54) is 0 Å². The first-order valence-electron chi connectivity index (χ1n) is 2.45. The summed E-state index contributed by atoms with van der Waals surface area (Å²) in [5, 5.41) is 2.93. The van der Waals surface area contributed by atoms with E-state index in [0.717, 1.165) is 11.3 Å². The van der Waals surface area contributed by atoms with Gasteiger partial charge in [-0.1, -0.05) is 11.8 Å². The van der Waals surface area contributed by atoms with Gasteiger partial charge in [-0.3, -0.25) is 5.32 Å².